The Hall–Kier alpha value is -1.00. The standard InChI is InChI=1S/C14H19NO2S/c1-14(17,10-7-8-10)9-15-13(16)11-5-3-4-6-12(11)18-2/h3-6,10,17H,7-9H2,1-2H3,(H,15,16)/t14-/m0/s1. The molecule has 18 heavy (non-hydrogen) atoms. The molecule has 0 unspecified atom stereocenters. The van der Waals surface area contributed by atoms with Crippen molar-refractivity contribution in [2.45, 2.75) is 30.3 Å². The Morgan fingerprint density at radius 2 is 2.17 bits per heavy atom. The third-order valence-corrected chi connectivity index (χ3v) is 4.21. The van der Waals surface area contributed by atoms with E-state index in [1.165, 1.54) is 0 Å². The van der Waals surface area contributed by atoms with Crippen molar-refractivity contribution in [3.8, 4) is 0 Å². The van der Waals surface area contributed by atoms with E-state index in [1.807, 2.05) is 30.5 Å². The maximum Gasteiger partial charge on any atom is 0.252 e. The molecular weight excluding hydrogens is 246 g/mol. The molecule has 1 amide bonds. The minimum atomic E-state index is -0.774. The van der Waals surface area contributed by atoms with Crippen LogP contribution in [0.3, 0.4) is 0 Å². The number of hydrogen-bond donors (Lipinski definition) is 2. The minimum Gasteiger partial charge on any atom is -0.388 e. The first-order chi connectivity index (χ1) is 8.54. The molecule has 0 radical (unpaired) electrons. The molecule has 4 heteroatoms. The third kappa shape index (κ3) is 3.06. The number of carbonyl (C=O) groups excluding carboxylic acids is 1. The minimum absolute atomic E-state index is 0.110. The van der Waals surface area contributed by atoms with E-state index in [-0.39, 0.29) is 5.91 Å². The summed E-state index contributed by atoms with van der Waals surface area (Å²) in [5, 5.41) is 13.0. The molecule has 1 aliphatic rings. The van der Waals surface area contributed by atoms with E-state index in [0.29, 0.717) is 18.0 Å². The second-order valence-electron chi connectivity index (χ2n) is 5.01. The average Bonchev–Trinajstić information content (AvgIpc) is 3.20. The first-order valence-electron chi connectivity index (χ1n) is 6.18. The molecule has 0 aliphatic heterocycles. The molecule has 0 saturated heterocycles. The van der Waals surface area contributed by atoms with Gasteiger partial charge in [-0.05, 0) is 44.1 Å². The number of aliphatic hydroxyl groups is 1. The Morgan fingerprint density at radius 1 is 1.50 bits per heavy atom. The summed E-state index contributed by atoms with van der Waals surface area (Å²) in [5.41, 5.74) is -0.0964. The van der Waals surface area contributed by atoms with Crippen LogP contribution in [0.25, 0.3) is 0 Å². The number of carbonyl (C=O) groups is 1. The van der Waals surface area contributed by atoms with Crippen molar-refractivity contribution < 1.29 is 9.90 Å². The van der Waals surface area contributed by atoms with Crippen LogP contribution in [0.1, 0.15) is 30.1 Å². The van der Waals surface area contributed by atoms with Gasteiger partial charge in [0.1, 0.15) is 0 Å². The Kier molecular flexibility index (Phi) is 3.97. The molecule has 0 spiro atoms. The summed E-state index contributed by atoms with van der Waals surface area (Å²) in [4.78, 5) is 13.0. The topological polar surface area (TPSA) is 49.3 Å². The van der Waals surface area contributed by atoms with Crippen LogP contribution < -0.4 is 5.32 Å². The molecule has 2 rings (SSSR count). The maximum absolute atomic E-state index is 12.1. The van der Waals surface area contributed by atoms with Gasteiger partial charge in [-0.3, -0.25) is 4.79 Å². The highest BCUT2D eigenvalue weighted by atomic mass is 32.2. The first kappa shape index (κ1) is 13.4. The summed E-state index contributed by atoms with van der Waals surface area (Å²) in [7, 11) is 0. The van der Waals surface area contributed by atoms with Gasteiger partial charge in [-0.1, -0.05) is 12.1 Å². The molecule has 0 bridgehead atoms. The first-order valence-corrected chi connectivity index (χ1v) is 7.40. The predicted molar refractivity (Wildman–Crippen MR) is 73.9 cm³/mol. The number of rotatable bonds is 5. The van der Waals surface area contributed by atoms with Crippen molar-refractivity contribution in [3.05, 3.63) is 29.8 Å². The Labute approximate surface area is 112 Å². The summed E-state index contributed by atoms with van der Waals surface area (Å²) in [5.74, 6) is 0.231. The fraction of sp³-hybridized carbons (Fsp3) is 0.500. The van der Waals surface area contributed by atoms with Crippen LogP contribution in [-0.2, 0) is 0 Å². The number of amides is 1. The molecule has 1 atom stereocenters. The van der Waals surface area contributed by atoms with Gasteiger partial charge in [0, 0.05) is 11.4 Å². The van der Waals surface area contributed by atoms with E-state index < -0.39 is 5.60 Å². The van der Waals surface area contributed by atoms with Gasteiger partial charge in [-0.15, -0.1) is 11.8 Å². The summed E-state index contributed by atoms with van der Waals surface area (Å²) >= 11 is 1.55. The monoisotopic (exact) mass is 265 g/mol. The van der Waals surface area contributed by atoms with Crippen LogP contribution in [-0.4, -0.2) is 29.4 Å². The normalized spacial score (nSPS) is 18.2. The summed E-state index contributed by atoms with van der Waals surface area (Å²) in [6.45, 7) is 2.12. The fourth-order valence-corrected chi connectivity index (χ4v) is 2.63. The maximum atomic E-state index is 12.1. The molecule has 0 aromatic heterocycles. The molecule has 3 nitrogen and oxygen atoms in total. The smallest absolute Gasteiger partial charge is 0.252 e. The lowest BCUT2D eigenvalue weighted by Crippen LogP contribution is -2.42. The van der Waals surface area contributed by atoms with E-state index in [4.69, 9.17) is 0 Å². The molecular formula is C14H19NO2S. The summed E-state index contributed by atoms with van der Waals surface area (Å²) in [6.07, 6.45) is 4.07. The third-order valence-electron chi connectivity index (χ3n) is 3.42. The highest BCUT2D eigenvalue weighted by Gasteiger charge is 2.40. The van der Waals surface area contributed by atoms with Gasteiger partial charge >= 0.3 is 0 Å². The fourth-order valence-electron chi connectivity index (χ4n) is 2.04. The Balaban J connectivity index is 1.99. The molecule has 1 aliphatic carbocycles. The number of hydrogen-bond acceptors (Lipinski definition) is 3. The zero-order chi connectivity index (χ0) is 13.2. The molecule has 98 valence electrons. The van der Waals surface area contributed by atoms with Crippen LogP contribution >= 0.6 is 11.8 Å². The second-order valence-corrected chi connectivity index (χ2v) is 5.86. The van der Waals surface area contributed by atoms with Crippen molar-refractivity contribution in [2.75, 3.05) is 12.8 Å². The molecule has 1 aromatic carbocycles. The lowest BCUT2D eigenvalue weighted by molar-refractivity contribution is 0.0354. The summed E-state index contributed by atoms with van der Waals surface area (Å²) in [6, 6.07) is 7.52. The number of benzene rings is 1. The van der Waals surface area contributed by atoms with Crippen LogP contribution in [0.15, 0.2) is 29.2 Å². The van der Waals surface area contributed by atoms with Gasteiger partial charge in [-0.25, -0.2) is 0 Å². The van der Waals surface area contributed by atoms with Crippen LogP contribution in [0.5, 0.6) is 0 Å². The second kappa shape index (κ2) is 5.33. The highest BCUT2D eigenvalue weighted by molar-refractivity contribution is 7.98. The van der Waals surface area contributed by atoms with Crippen LogP contribution in [0.2, 0.25) is 0 Å². The van der Waals surface area contributed by atoms with Crippen molar-refractivity contribution in [1.29, 1.82) is 0 Å². The molecule has 0 heterocycles. The lowest BCUT2D eigenvalue weighted by Gasteiger charge is -2.23. The average molecular weight is 265 g/mol. The lowest BCUT2D eigenvalue weighted by atomic mass is 10.0. The number of nitrogens with one attached hydrogen (secondary N) is 1. The van der Waals surface area contributed by atoms with Crippen LogP contribution in [0.4, 0.5) is 0 Å². The zero-order valence-electron chi connectivity index (χ0n) is 10.8. The van der Waals surface area contributed by atoms with E-state index in [1.54, 1.807) is 18.7 Å². The highest BCUT2D eigenvalue weighted by Crippen LogP contribution is 2.39. The largest absolute Gasteiger partial charge is 0.388 e. The van der Waals surface area contributed by atoms with Crippen molar-refractivity contribution in [1.82, 2.24) is 5.32 Å². The van der Waals surface area contributed by atoms with Gasteiger partial charge in [-0.2, -0.15) is 0 Å². The Morgan fingerprint density at radius 3 is 2.78 bits per heavy atom. The van der Waals surface area contributed by atoms with Gasteiger partial charge < -0.3 is 10.4 Å². The molecule has 1 saturated carbocycles. The molecule has 1 aromatic rings. The van der Waals surface area contributed by atoms with Gasteiger partial charge in [0.25, 0.3) is 5.91 Å². The number of thioether (sulfide) groups is 1. The predicted octanol–water partition coefficient (Wildman–Crippen LogP) is 2.30. The van der Waals surface area contributed by atoms with Crippen molar-refractivity contribution >= 4 is 17.7 Å². The van der Waals surface area contributed by atoms with Gasteiger partial charge in [0.15, 0.2) is 0 Å². The van der Waals surface area contributed by atoms with Crippen molar-refractivity contribution in [3.63, 3.8) is 0 Å². The molecule has 2 N–H and O–H groups in total. The summed E-state index contributed by atoms with van der Waals surface area (Å²) < 4.78 is 0. The van der Waals surface area contributed by atoms with Gasteiger partial charge in [0.2, 0.25) is 0 Å². The quantitative estimate of drug-likeness (QED) is 0.803. The zero-order valence-corrected chi connectivity index (χ0v) is 11.6. The van der Waals surface area contributed by atoms with E-state index in [9.17, 15) is 9.90 Å². The van der Waals surface area contributed by atoms with E-state index in [2.05, 4.69) is 5.32 Å². The van der Waals surface area contributed by atoms with Crippen molar-refractivity contribution in [2.24, 2.45) is 5.92 Å². The van der Waals surface area contributed by atoms with E-state index in [0.717, 1.165) is 17.7 Å². The SMILES string of the molecule is CSc1ccccc1C(=O)NC[C@](C)(O)C1CC1. The van der Waals surface area contributed by atoms with E-state index >= 15 is 0 Å². The molecule has 1 fully saturated rings. The Bertz CT molecular complexity index is 441. The van der Waals surface area contributed by atoms with Gasteiger partial charge in [0.05, 0.1) is 11.2 Å². The van der Waals surface area contributed by atoms with Crippen LogP contribution in [0, 0.1) is 5.92 Å².